The van der Waals surface area contributed by atoms with Gasteiger partial charge >= 0.3 is 0 Å². The molecule has 3 aliphatic heterocycles. The molecule has 3 unspecified atom stereocenters. The van der Waals surface area contributed by atoms with Crippen LogP contribution in [0.1, 0.15) is 45.4 Å². The van der Waals surface area contributed by atoms with Crippen molar-refractivity contribution in [1.82, 2.24) is 10.2 Å². The molecule has 1 N–H and O–H groups in total. The van der Waals surface area contributed by atoms with Crippen LogP contribution < -0.4 is 5.32 Å². The number of nitrogens with zero attached hydrogens (tertiary/aromatic N) is 1. The Morgan fingerprint density at radius 2 is 1.94 bits per heavy atom. The first-order valence-corrected chi connectivity index (χ1v) is 9.08. The Hall–Kier alpha value is 0.270. The number of piperidine rings is 1. The van der Waals surface area contributed by atoms with Crippen LogP contribution in [0.3, 0.4) is 0 Å². The Morgan fingerprint density at radius 3 is 2.56 bits per heavy atom. The maximum Gasteiger partial charge on any atom is 0.0125 e. The molecule has 3 fully saturated rings. The van der Waals surface area contributed by atoms with Crippen molar-refractivity contribution in [2.45, 2.75) is 63.6 Å². The zero-order valence-corrected chi connectivity index (χ0v) is 12.6. The van der Waals surface area contributed by atoms with Crippen molar-refractivity contribution in [2.75, 3.05) is 24.6 Å². The molecule has 0 aliphatic carbocycles. The number of rotatable bonds is 5. The van der Waals surface area contributed by atoms with Crippen LogP contribution in [-0.2, 0) is 0 Å². The summed E-state index contributed by atoms with van der Waals surface area (Å²) in [6, 6.07) is 2.56. The van der Waals surface area contributed by atoms with Crippen molar-refractivity contribution in [3.05, 3.63) is 0 Å². The molecule has 3 saturated heterocycles. The number of thioether (sulfide) groups is 1. The van der Waals surface area contributed by atoms with Crippen molar-refractivity contribution < 1.29 is 0 Å². The first-order chi connectivity index (χ1) is 8.85. The summed E-state index contributed by atoms with van der Waals surface area (Å²) in [5, 5.41) is 3.78. The van der Waals surface area contributed by atoms with E-state index in [4.69, 9.17) is 0 Å². The van der Waals surface area contributed by atoms with Gasteiger partial charge in [-0.25, -0.2) is 0 Å². The lowest BCUT2D eigenvalue weighted by Crippen LogP contribution is -2.49. The fourth-order valence-electron chi connectivity index (χ4n) is 4.09. The minimum absolute atomic E-state index is 0.839. The van der Waals surface area contributed by atoms with Crippen molar-refractivity contribution in [1.29, 1.82) is 0 Å². The average molecular weight is 268 g/mol. The summed E-state index contributed by atoms with van der Waals surface area (Å²) in [5.74, 6) is 3.80. The summed E-state index contributed by atoms with van der Waals surface area (Å²) in [6.45, 7) is 5.04. The fraction of sp³-hybridized carbons (Fsp3) is 1.00. The lowest BCUT2D eigenvalue weighted by molar-refractivity contribution is 0.125. The van der Waals surface area contributed by atoms with Crippen LogP contribution in [-0.4, -0.2) is 47.6 Å². The Bertz CT molecular complexity index is 253. The van der Waals surface area contributed by atoms with Crippen LogP contribution in [0.2, 0.25) is 0 Å². The lowest BCUT2D eigenvalue weighted by atomic mass is 9.96. The van der Waals surface area contributed by atoms with Crippen molar-refractivity contribution >= 4 is 11.8 Å². The highest BCUT2D eigenvalue weighted by Gasteiger charge is 2.36. The van der Waals surface area contributed by atoms with E-state index in [0.29, 0.717) is 0 Å². The van der Waals surface area contributed by atoms with E-state index in [-0.39, 0.29) is 0 Å². The third-order valence-corrected chi connectivity index (χ3v) is 6.22. The van der Waals surface area contributed by atoms with Gasteiger partial charge in [0, 0.05) is 24.7 Å². The van der Waals surface area contributed by atoms with E-state index in [1.807, 2.05) is 0 Å². The van der Waals surface area contributed by atoms with Crippen LogP contribution in [0.4, 0.5) is 0 Å². The van der Waals surface area contributed by atoms with E-state index < -0.39 is 0 Å². The standard InChI is InChI=1S/C15H28N2S/c1-2-6-17(10-12-5-7-18-11-12)15-8-13-3-4-14(9-15)16-13/h12-16H,2-11H2,1H3. The highest BCUT2D eigenvalue weighted by atomic mass is 32.2. The summed E-state index contributed by atoms with van der Waals surface area (Å²) < 4.78 is 0. The monoisotopic (exact) mass is 268 g/mol. The Morgan fingerprint density at radius 1 is 1.17 bits per heavy atom. The van der Waals surface area contributed by atoms with Gasteiger partial charge in [0.25, 0.3) is 0 Å². The number of hydrogen-bond acceptors (Lipinski definition) is 3. The van der Waals surface area contributed by atoms with Gasteiger partial charge in [0.15, 0.2) is 0 Å². The van der Waals surface area contributed by atoms with E-state index >= 15 is 0 Å². The van der Waals surface area contributed by atoms with Gasteiger partial charge in [-0.3, -0.25) is 4.90 Å². The van der Waals surface area contributed by atoms with E-state index in [1.165, 1.54) is 63.1 Å². The number of nitrogens with one attached hydrogen (secondary N) is 1. The molecule has 2 bridgehead atoms. The molecule has 0 aromatic carbocycles. The fourth-order valence-corrected chi connectivity index (χ4v) is 5.37. The van der Waals surface area contributed by atoms with Crippen LogP contribution in [0, 0.1) is 5.92 Å². The molecule has 0 spiro atoms. The third kappa shape index (κ3) is 3.05. The zero-order chi connectivity index (χ0) is 12.4. The molecule has 3 atom stereocenters. The normalized spacial score (nSPS) is 39.7. The van der Waals surface area contributed by atoms with Gasteiger partial charge in [0.1, 0.15) is 0 Å². The second-order valence-corrected chi connectivity index (χ2v) is 7.64. The molecule has 3 heterocycles. The van der Waals surface area contributed by atoms with Crippen molar-refractivity contribution in [2.24, 2.45) is 5.92 Å². The van der Waals surface area contributed by atoms with E-state index in [2.05, 4.69) is 28.9 Å². The van der Waals surface area contributed by atoms with Gasteiger partial charge in [-0.2, -0.15) is 11.8 Å². The van der Waals surface area contributed by atoms with Gasteiger partial charge in [0.05, 0.1) is 0 Å². The summed E-state index contributed by atoms with van der Waals surface area (Å²) in [5.41, 5.74) is 0. The van der Waals surface area contributed by atoms with E-state index in [9.17, 15) is 0 Å². The first-order valence-electron chi connectivity index (χ1n) is 7.93. The quantitative estimate of drug-likeness (QED) is 0.825. The molecule has 3 aliphatic rings. The maximum absolute atomic E-state index is 3.78. The highest BCUT2D eigenvalue weighted by Crippen LogP contribution is 2.32. The van der Waals surface area contributed by atoms with Gasteiger partial charge in [-0.05, 0) is 62.5 Å². The summed E-state index contributed by atoms with van der Waals surface area (Å²) >= 11 is 2.16. The van der Waals surface area contributed by atoms with Crippen LogP contribution in [0.15, 0.2) is 0 Å². The molecule has 104 valence electrons. The molecule has 2 nitrogen and oxygen atoms in total. The van der Waals surface area contributed by atoms with E-state index in [0.717, 1.165) is 24.0 Å². The van der Waals surface area contributed by atoms with Crippen molar-refractivity contribution in [3.63, 3.8) is 0 Å². The number of hydrogen-bond donors (Lipinski definition) is 1. The number of fused-ring (bicyclic) bond motifs is 2. The minimum Gasteiger partial charge on any atom is -0.311 e. The second kappa shape index (κ2) is 6.15. The SMILES string of the molecule is CCCN(CC1CCSC1)C1CC2CCC(C1)N2. The Balaban J connectivity index is 1.57. The molecular weight excluding hydrogens is 240 g/mol. The van der Waals surface area contributed by atoms with Gasteiger partial charge in [-0.1, -0.05) is 6.92 Å². The molecule has 3 heteroatoms. The predicted octanol–water partition coefficient (Wildman–Crippen LogP) is 2.73. The van der Waals surface area contributed by atoms with Gasteiger partial charge in [0.2, 0.25) is 0 Å². The second-order valence-electron chi connectivity index (χ2n) is 6.49. The summed E-state index contributed by atoms with van der Waals surface area (Å²) in [4.78, 5) is 2.85. The van der Waals surface area contributed by atoms with Crippen LogP contribution >= 0.6 is 11.8 Å². The topological polar surface area (TPSA) is 15.3 Å². The largest absolute Gasteiger partial charge is 0.311 e. The smallest absolute Gasteiger partial charge is 0.0125 e. The zero-order valence-electron chi connectivity index (χ0n) is 11.7. The molecule has 0 aromatic heterocycles. The molecule has 18 heavy (non-hydrogen) atoms. The average Bonchev–Trinajstić information content (AvgIpc) is 2.99. The Labute approximate surface area is 116 Å². The van der Waals surface area contributed by atoms with Crippen LogP contribution in [0.25, 0.3) is 0 Å². The molecule has 3 rings (SSSR count). The molecule has 0 aromatic rings. The Kier molecular flexibility index (Phi) is 4.53. The molecule has 0 saturated carbocycles. The summed E-state index contributed by atoms with van der Waals surface area (Å²) in [6.07, 6.45) is 8.47. The summed E-state index contributed by atoms with van der Waals surface area (Å²) in [7, 11) is 0. The predicted molar refractivity (Wildman–Crippen MR) is 80.3 cm³/mol. The van der Waals surface area contributed by atoms with E-state index in [1.54, 1.807) is 0 Å². The minimum atomic E-state index is 0.839. The molecule has 0 radical (unpaired) electrons. The lowest BCUT2D eigenvalue weighted by Gasteiger charge is -2.39. The maximum atomic E-state index is 3.78. The van der Waals surface area contributed by atoms with Crippen LogP contribution in [0.5, 0.6) is 0 Å². The molecule has 0 amide bonds. The highest BCUT2D eigenvalue weighted by molar-refractivity contribution is 7.99. The van der Waals surface area contributed by atoms with Gasteiger partial charge in [-0.15, -0.1) is 0 Å². The van der Waals surface area contributed by atoms with Crippen molar-refractivity contribution in [3.8, 4) is 0 Å². The van der Waals surface area contributed by atoms with Gasteiger partial charge < -0.3 is 5.32 Å². The third-order valence-electron chi connectivity index (χ3n) is 4.99. The first kappa shape index (κ1) is 13.3. The molecular formula is C15H28N2S.